The zero-order valence-electron chi connectivity index (χ0n) is 17.5. The minimum atomic E-state index is -0.825. The molecule has 1 fully saturated rings. The van der Waals surface area contributed by atoms with Crippen LogP contribution in [0.1, 0.15) is 31.0 Å². The molecule has 4 rings (SSSR count). The largest absolute Gasteiger partial charge is 0.507 e. The van der Waals surface area contributed by atoms with E-state index in [1.54, 1.807) is 48.7 Å². The number of aliphatic hydroxyl groups is 1. The number of benzene rings is 2. The summed E-state index contributed by atoms with van der Waals surface area (Å²) in [5.41, 5.74) is 1.10. The Balaban J connectivity index is 1.86. The van der Waals surface area contributed by atoms with Gasteiger partial charge in [0.15, 0.2) is 0 Å². The standard InChI is InChI=1S/C25H21BrN2O4/c1-15(2)32-19-11-9-16(10-12-19)23(29)21-22(17-6-5-7-18(26)14-17)28(25(31)24(21)30)20-8-3-4-13-27-20/h3-15,22,29H,1-2H3/b23-21+/t22-/m1/s1. The van der Waals surface area contributed by atoms with E-state index in [0.717, 1.165) is 4.47 Å². The Hall–Kier alpha value is -3.45. The summed E-state index contributed by atoms with van der Waals surface area (Å²) in [6, 6.07) is 18.4. The summed E-state index contributed by atoms with van der Waals surface area (Å²) in [7, 11) is 0. The lowest BCUT2D eigenvalue weighted by Crippen LogP contribution is -2.30. The lowest BCUT2D eigenvalue weighted by atomic mass is 9.95. The van der Waals surface area contributed by atoms with Crippen LogP contribution in [0.15, 0.2) is 83.0 Å². The maximum atomic E-state index is 13.1. The fourth-order valence-electron chi connectivity index (χ4n) is 3.68. The molecule has 0 unspecified atom stereocenters. The molecular weight excluding hydrogens is 472 g/mol. The van der Waals surface area contributed by atoms with Crippen LogP contribution in [0.25, 0.3) is 5.76 Å². The number of carbonyl (C=O) groups excluding carboxylic acids is 2. The van der Waals surface area contributed by atoms with Crippen molar-refractivity contribution in [3.8, 4) is 5.75 Å². The second kappa shape index (κ2) is 8.96. The van der Waals surface area contributed by atoms with Crippen LogP contribution >= 0.6 is 15.9 Å². The minimum absolute atomic E-state index is 0.00895. The number of Topliss-reactive ketones (excluding diaryl/α,β-unsaturated/α-hetero) is 1. The van der Waals surface area contributed by atoms with E-state index in [1.807, 2.05) is 38.1 Å². The normalized spacial score (nSPS) is 17.8. The van der Waals surface area contributed by atoms with E-state index in [4.69, 9.17) is 4.74 Å². The van der Waals surface area contributed by atoms with Crippen molar-refractivity contribution in [1.29, 1.82) is 0 Å². The Kier molecular flexibility index (Phi) is 6.10. The number of ether oxygens (including phenoxy) is 1. The molecule has 1 aliphatic heterocycles. The van der Waals surface area contributed by atoms with E-state index in [9.17, 15) is 14.7 Å². The number of carbonyl (C=O) groups is 2. The molecule has 1 atom stereocenters. The number of amides is 1. The number of pyridine rings is 1. The average Bonchev–Trinajstić information content (AvgIpc) is 3.05. The van der Waals surface area contributed by atoms with E-state index >= 15 is 0 Å². The third-order valence-corrected chi connectivity index (χ3v) is 5.50. The maximum absolute atomic E-state index is 13.1. The first-order valence-corrected chi connectivity index (χ1v) is 10.9. The molecule has 1 aromatic heterocycles. The van der Waals surface area contributed by atoms with Crippen molar-refractivity contribution in [1.82, 2.24) is 4.98 Å². The fraction of sp³-hybridized carbons (Fsp3) is 0.160. The van der Waals surface area contributed by atoms with Gasteiger partial charge in [0.25, 0.3) is 5.78 Å². The Morgan fingerprint density at radius 1 is 1.06 bits per heavy atom. The van der Waals surface area contributed by atoms with Crippen LogP contribution in [0.4, 0.5) is 5.82 Å². The first-order chi connectivity index (χ1) is 15.4. The highest BCUT2D eigenvalue weighted by molar-refractivity contribution is 9.10. The number of nitrogens with zero attached hydrogens (tertiary/aromatic N) is 2. The number of halogens is 1. The van der Waals surface area contributed by atoms with Crippen molar-refractivity contribution in [2.24, 2.45) is 0 Å². The monoisotopic (exact) mass is 492 g/mol. The zero-order valence-corrected chi connectivity index (χ0v) is 19.1. The van der Waals surface area contributed by atoms with Crippen molar-refractivity contribution in [2.75, 3.05) is 4.90 Å². The Morgan fingerprint density at radius 2 is 1.81 bits per heavy atom. The molecule has 0 spiro atoms. The van der Waals surface area contributed by atoms with Crippen LogP contribution in [0, 0.1) is 0 Å². The van der Waals surface area contributed by atoms with Crippen LogP contribution in [-0.2, 0) is 9.59 Å². The van der Waals surface area contributed by atoms with Crippen LogP contribution < -0.4 is 9.64 Å². The molecule has 32 heavy (non-hydrogen) atoms. The van der Waals surface area contributed by atoms with E-state index < -0.39 is 17.7 Å². The van der Waals surface area contributed by atoms with Gasteiger partial charge in [-0.15, -0.1) is 0 Å². The zero-order chi connectivity index (χ0) is 22.8. The molecular formula is C25H21BrN2O4. The van der Waals surface area contributed by atoms with Gasteiger partial charge in [-0.3, -0.25) is 14.5 Å². The highest BCUT2D eigenvalue weighted by atomic mass is 79.9. The van der Waals surface area contributed by atoms with E-state index in [0.29, 0.717) is 22.7 Å². The molecule has 3 aromatic rings. The van der Waals surface area contributed by atoms with Gasteiger partial charge in [-0.25, -0.2) is 4.98 Å². The molecule has 6 nitrogen and oxygen atoms in total. The quantitative estimate of drug-likeness (QED) is 0.298. The molecule has 0 bridgehead atoms. The third kappa shape index (κ3) is 4.16. The average molecular weight is 493 g/mol. The van der Waals surface area contributed by atoms with Crippen LogP contribution in [-0.4, -0.2) is 27.9 Å². The molecule has 0 radical (unpaired) electrons. The van der Waals surface area contributed by atoms with Gasteiger partial charge in [-0.05, 0) is 67.9 Å². The molecule has 2 aromatic carbocycles. The number of aromatic nitrogens is 1. The number of hydrogen-bond acceptors (Lipinski definition) is 5. The lowest BCUT2D eigenvalue weighted by molar-refractivity contribution is -0.132. The number of aliphatic hydroxyl groups excluding tert-OH is 1. The number of anilines is 1. The van der Waals surface area contributed by atoms with Crippen LogP contribution in [0.2, 0.25) is 0 Å². The van der Waals surface area contributed by atoms with Gasteiger partial charge in [0, 0.05) is 16.2 Å². The van der Waals surface area contributed by atoms with E-state index in [2.05, 4.69) is 20.9 Å². The SMILES string of the molecule is CC(C)Oc1ccc(/C(O)=C2\C(=O)C(=O)N(c3ccccn3)[C@@H]2c2cccc(Br)c2)cc1. The second-order valence-electron chi connectivity index (χ2n) is 7.60. The van der Waals surface area contributed by atoms with Crippen molar-refractivity contribution in [3.63, 3.8) is 0 Å². The molecule has 1 N–H and O–H groups in total. The Morgan fingerprint density at radius 3 is 2.44 bits per heavy atom. The summed E-state index contributed by atoms with van der Waals surface area (Å²) in [6.45, 7) is 3.84. The van der Waals surface area contributed by atoms with Gasteiger partial charge in [0.2, 0.25) is 0 Å². The molecule has 1 saturated heterocycles. The number of ketones is 1. The van der Waals surface area contributed by atoms with Gasteiger partial charge >= 0.3 is 5.91 Å². The number of hydrogen-bond donors (Lipinski definition) is 1. The molecule has 1 amide bonds. The minimum Gasteiger partial charge on any atom is -0.507 e. The van der Waals surface area contributed by atoms with Crippen molar-refractivity contribution in [2.45, 2.75) is 26.0 Å². The first-order valence-electron chi connectivity index (χ1n) is 10.1. The van der Waals surface area contributed by atoms with Gasteiger partial charge in [0.1, 0.15) is 17.3 Å². The first kappa shape index (κ1) is 21.8. The molecule has 1 aliphatic rings. The van der Waals surface area contributed by atoms with Gasteiger partial charge in [-0.1, -0.05) is 34.1 Å². The van der Waals surface area contributed by atoms with Gasteiger partial charge in [0.05, 0.1) is 17.7 Å². The van der Waals surface area contributed by atoms with Crippen molar-refractivity contribution >= 4 is 39.2 Å². The molecule has 162 valence electrons. The second-order valence-corrected chi connectivity index (χ2v) is 8.52. The highest BCUT2D eigenvalue weighted by Gasteiger charge is 2.47. The summed E-state index contributed by atoms with van der Waals surface area (Å²) < 4.78 is 6.44. The third-order valence-electron chi connectivity index (χ3n) is 5.00. The molecule has 0 aliphatic carbocycles. The summed E-state index contributed by atoms with van der Waals surface area (Å²) in [6.07, 6.45) is 1.56. The van der Waals surface area contributed by atoms with Crippen molar-refractivity contribution in [3.05, 3.63) is 94.1 Å². The summed E-state index contributed by atoms with van der Waals surface area (Å²) in [5, 5.41) is 11.2. The number of rotatable bonds is 5. The van der Waals surface area contributed by atoms with E-state index in [1.165, 1.54) is 4.90 Å². The lowest BCUT2D eigenvalue weighted by Gasteiger charge is -2.24. The van der Waals surface area contributed by atoms with Gasteiger partial charge in [-0.2, -0.15) is 0 Å². The Bertz CT molecular complexity index is 1190. The predicted molar refractivity (Wildman–Crippen MR) is 125 cm³/mol. The Labute approximate surface area is 194 Å². The van der Waals surface area contributed by atoms with E-state index in [-0.39, 0.29) is 17.4 Å². The van der Waals surface area contributed by atoms with Gasteiger partial charge < -0.3 is 9.84 Å². The highest BCUT2D eigenvalue weighted by Crippen LogP contribution is 2.42. The van der Waals surface area contributed by atoms with Crippen molar-refractivity contribution < 1.29 is 19.4 Å². The smallest absolute Gasteiger partial charge is 0.301 e. The molecule has 2 heterocycles. The topological polar surface area (TPSA) is 79.7 Å². The fourth-order valence-corrected chi connectivity index (χ4v) is 4.09. The molecule has 7 heteroatoms. The summed E-state index contributed by atoms with van der Waals surface area (Å²) in [5.74, 6) is -0.771. The molecule has 0 saturated carbocycles. The maximum Gasteiger partial charge on any atom is 0.301 e. The summed E-state index contributed by atoms with van der Waals surface area (Å²) in [4.78, 5) is 31.8. The van der Waals surface area contributed by atoms with Crippen LogP contribution in [0.5, 0.6) is 5.75 Å². The predicted octanol–water partition coefficient (Wildman–Crippen LogP) is 5.26. The van der Waals surface area contributed by atoms with Crippen LogP contribution in [0.3, 0.4) is 0 Å². The summed E-state index contributed by atoms with van der Waals surface area (Å²) >= 11 is 3.45.